The SMILES string of the molecule is CC1CCN(CCNC2CCCCC2C)CC1. The van der Waals surface area contributed by atoms with Crippen molar-refractivity contribution in [2.45, 2.75) is 58.4 Å². The van der Waals surface area contributed by atoms with Gasteiger partial charge < -0.3 is 10.2 Å². The molecular weight excluding hydrogens is 208 g/mol. The van der Waals surface area contributed by atoms with E-state index in [0.717, 1.165) is 17.9 Å². The van der Waals surface area contributed by atoms with E-state index in [-0.39, 0.29) is 0 Å². The molecule has 1 aliphatic carbocycles. The second-order valence-corrected chi connectivity index (χ2v) is 6.35. The third kappa shape index (κ3) is 4.26. The quantitative estimate of drug-likeness (QED) is 0.810. The van der Waals surface area contributed by atoms with E-state index >= 15 is 0 Å². The average Bonchev–Trinajstić information content (AvgIpc) is 2.34. The zero-order valence-corrected chi connectivity index (χ0v) is 11.8. The van der Waals surface area contributed by atoms with Gasteiger partial charge >= 0.3 is 0 Å². The summed E-state index contributed by atoms with van der Waals surface area (Å²) in [4.78, 5) is 2.64. The van der Waals surface area contributed by atoms with Crippen molar-refractivity contribution in [3.63, 3.8) is 0 Å². The molecule has 2 heteroatoms. The van der Waals surface area contributed by atoms with Crippen LogP contribution in [0.1, 0.15) is 52.4 Å². The van der Waals surface area contributed by atoms with Gasteiger partial charge in [-0.2, -0.15) is 0 Å². The second kappa shape index (κ2) is 6.75. The standard InChI is InChI=1S/C15H30N2/c1-13-7-10-17(11-8-13)12-9-16-15-6-4-3-5-14(15)2/h13-16H,3-12H2,1-2H3. The van der Waals surface area contributed by atoms with Crippen LogP contribution in [-0.4, -0.2) is 37.1 Å². The molecule has 2 atom stereocenters. The number of hydrogen-bond acceptors (Lipinski definition) is 2. The normalized spacial score (nSPS) is 32.8. The van der Waals surface area contributed by atoms with Crippen molar-refractivity contribution in [2.75, 3.05) is 26.2 Å². The Morgan fingerprint density at radius 1 is 1.00 bits per heavy atom. The molecule has 2 unspecified atom stereocenters. The summed E-state index contributed by atoms with van der Waals surface area (Å²) in [5, 5.41) is 3.79. The highest BCUT2D eigenvalue weighted by Gasteiger charge is 2.21. The van der Waals surface area contributed by atoms with Crippen LogP contribution in [0.3, 0.4) is 0 Å². The Morgan fingerprint density at radius 3 is 2.41 bits per heavy atom. The summed E-state index contributed by atoms with van der Waals surface area (Å²) in [6.45, 7) is 9.91. The molecule has 0 aromatic carbocycles. The van der Waals surface area contributed by atoms with Gasteiger partial charge in [-0.3, -0.25) is 0 Å². The van der Waals surface area contributed by atoms with E-state index in [1.807, 2.05) is 0 Å². The molecule has 1 saturated carbocycles. The number of nitrogens with zero attached hydrogens (tertiary/aromatic N) is 1. The number of hydrogen-bond donors (Lipinski definition) is 1. The molecule has 0 radical (unpaired) electrons. The average molecular weight is 238 g/mol. The lowest BCUT2D eigenvalue weighted by Gasteiger charge is -2.33. The van der Waals surface area contributed by atoms with E-state index in [4.69, 9.17) is 0 Å². The molecule has 1 saturated heterocycles. The van der Waals surface area contributed by atoms with E-state index in [1.165, 1.54) is 64.7 Å². The monoisotopic (exact) mass is 238 g/mol. The van der Waals surface area contributed by atoms with Crippen LogP contribution in [0.15, 0.2) is 0 Å². The van der Waals surface area contributed by atoms with Crippen molar-refractivity contribution in [2.24, 2.45) is 11.8 Å². The molecule has 2 fully saturated rings. The largest absolute Gasteiger partial charge is 0.312 e. The van der Waals surface area contributed by atoms with Crippen LogP contribution < -0.4 is 5.32 Å². The Morgan fingerprint density at radius 2 is 1.71 bits per heavy atom. The predicted molar refractivity (Wildman–Crippen MR) is 74.3 cm³/mol. The summed E-state index contributed by atoms with van der Waals surface area (Å²) < 4.78 is 0. The summed E-state index contributed by atoms with van der Waals surface area (Å²) >= 11 is 0. The van der Waals surface area contributed by atoms with Crippen LogP contribution in [0.4, 0.5) is 0 Å². The molecule has 2 aliphatic rings. The lowest BCUT2D eigenvalue weighted by molar-refractivity contribution is 0.185. The Labute approximate surface area is 107 Å². The Bertz CT molecular complexity index is 209. The first-order valence-corrected chi connectivity index (χ1v) is 7.71. The van der Waals surface area contributed by atoms with Crippen molar-refractivity contribution in [1.29, 1.82) is 0 Å². The van der Waals surface area contributed by atoms with E-state index in [1.54, 1.807) is 0 Å². The van der Waals surface area contributed by atoms with Gasteiger partial charge in [0, 0.05) is 19.1 Å². The molecule has 1 aliphatic heterocycles. The van der Waals surface area contributed by atoms with Crippen LogP contribution in [0.5, 0.6) is 0 Å². The van der Waals surface area contributed by atoms with Gasteiger partial charge in [0.1, 0.15) is 0 Å². The van der Waals surface area contributed by atoms with Crippen LogP contribution in [0.2, 0.25) is 0 Å². The van der Waals surface area contributed by atoms with Gasteiger partial charge in [0.25, 0.3) is 0 Å². The Kier molecular flexibility index (Phi) is 5.30. The van der Waals surface area contributed by atoms with Gasteiger partial charge in [-0.25, -0.2) is 0 Å². The molecule has 100 valence electrons. The summed E-state index contributed by atoms with van der Waals surface area (Å²) in [6, 6.07) is 0.799. The smallest absolute Gasteiger partial charge is 0.0107 e. The first-order valence-electron chi connectivity index (χ1n) is 7.71. The molecule has 0 aromatic rings. The molecule has 0 aromatic heterocycles. The van der Waals surface area contributed by atoms with Gasteiger partial charge in [-0.05, 0) is 50.6 Å². The van der Waals surface area contributed by atoms with Crippen molar-refractivity contribution >= 4 is 0 Å². The highest BCUT2D eigenvalue weighted by atomic mass is 15.1. The zero-order valence-electron chi connectivity index (χ0n) is 11.8. The van der Waals surface area contributed by atoms with E-state index < -0.39 is 0 Å². The molecule has 1 N–H and O–H groups in total. The lowest BCUT2D eigenvalue weighted by Crippen LogP contribution is -2.43. The molecule has 0 amide bonds. The fourth-order valence-electron chi connectivity index (χ4n) is 3.31. The lowest BCUT2D eigenvalue weighted by atomic mass is 9.86. The van der Waals surface area contributed by atoms with Crippen molar-refractivity contribution in [3.05, 3.63) is 0 Å². The number of nitrogens with one attached hydrogen (secondary N) is 1. The first-order chi connectivity index (χ1) is 8.25. The maximum atomic E-state index is 3.79. The molecule has 2 rings (SSSR count). The predicted octanol–water partition coefficient (Wildman–Crippen LogP) is 2.89. The highest BCUT2D eigenvalue weighted by molar-refractivity contribution is 4.79. The van der Waals surface area contributed by atoms with Gasteiger partial charge in [0.15, 0.2) is 0 Å². The third-order valence-electron chi connectivity index (χ3n) is 4.82. The molecule has 0 bridgehead atoms. The van der Waals surface area contributed by atoms with Gasteiger partial charge in [-0.1, -0.05) is 26.7 Å². The third-order valence-corrected chi connectivity index (χ3v) is 4.82. The Balaban J connectivity index is 1.59. The zero-order chi connectivity index (χ0) is 12.1. The van der Waals surface area contributed by atoms with Crippen LogP contribution in [0.25, 0.3) is 0 Å². The topological polar surface area (TPSA) is 15.3 Å². The van der Waals surface area contributed by atoms with Crippen molar-refractivity contribution in [1.82, 2.24) is 10.2 Å². The number of rotatable bonds is 4. The first kappa shape index (κ1) is 13.4. The molecule has 2 nitrogen and oxygen atoms in total. The molecule has 1 heterocycles. The van der Waals surface area contributed by atoms with Crippen molar-refractivity contribution < 1.29 is 0 Å². The van der Waals surface area contributed by atoms with Gasteiger partial charge in [0.05, 0.1) is 0 Å². The van der Waals surface area contributed by atoms with Gasteiger partial charge in [0.2, 0.25) is 0 Å². The Hall–Kier alpha value is -0.0800. The minimum absolute atomic E-state index is 0.799. The number of piperidine rings is 1. The molecule has 0 spiro atoms. The fraction of sp³-hybridized carbons (Fsp3) is 1.00. The van der Waals surface area contributed by atoms with E-state index in [2.05, 4.69) is 24.1 Å². The summed E-state index contributed by atoms with van der Waals surface area (Å²) in [5.41, 5.74) is 0. The number of likely N-dealkylation sites (tertiary alicyclic amines) is 1. The molecule has 17 heavy (non-hydrogen) atoms. The second-order valence-electron chi connectivity index (χ2n) is 6.35. The minimum Gasteiger partial charge on any atom is -0.312 e. The highest BCUT2D eigenvalue weighted by Crippen LogP contribution is 2.23. The van der Waals surface area contributed by atoms with Crippen LogP contribution in [-0.2, 0) is 0 Å². The molecular formula is C15H30N2. The van der Waals surface area contributed by atoms with E-state index in [0.29, 0.717) is 0 Å². The summed E-state index contributed by atoms with van der Waals surface area (Å²) in [7, 11) is 0. The summed E-state index contributed by atoms with van der Waals surface area (Å²) in [6.07, 6.45) is 8.52. The van der Waals surface area contributed by atoms with Crippen molar-refractivity contribution in [3.8, 4) is 0 Å². The van der Waals surface area contributed by atoms with E-state index in [9.17, 15) is 0 Å². The van der Waals surface area contributed by atoms with Crippen LogP contribution >= 0.6 is 0 Å². The maximum Gasteiger partial charge on any atom is 0.0107 e. The van der Waals surface area contributed by atoms with Crippen LogP contribution in [0, 0.1) is 11.8 Å². The fourth-order valence-corrected chi connectivity index (χ4v) is 3.31. The summed E-state index contributed by atoms with van der Waals surface area (Å²) in [5.74, 6) is 1.85. The minimum atomic E-state index is 0.799. The van der Waals surface area contributed by atoms with Gasteiger partial charge in [-0.15, -0.1) is 0 Å². The maximum absolute atomic E-state index is 3.79.